The summed E-state index contributed by atoms with van der Waals surface area (Å²) in [6.45, 7) is 0.701. The molecule has 2 aromatic rings. The second-order valence-electron chi connectivity index (χ2n) is 5.92. The van der Waals surface area contributed by atoms with E-state index in [-0.39, 0.29) is 0 Å². The highest BCUT2D eigenvalue weighted by Gasteiger charge is 2.23. The molecule has 0 bridgehead atoms. The lowest BCUT2D eigenvalue weighted by Gasteiger charge is -2.15. The number of nitrogens with one attached hydrogen (secondary N) is 1. The van der Waals surface area contributed by atoms with Gasteiger partial charge in [-0.1, -0.05) is 0 Å². The molecule has 1 heterocycles. The first-order valence-electron chi connectivity index (χ1n) is 7.69. The van der Waals surface area contributed by atoms with Gasteiger partial charge in [0.15, 0.2) is 0 Å². The quantitative estimate of drug-likeness (QED) is 0.832. The zero-order valence-electron chi connectivity index (χ0n) is 13.7. The van der Waals surface area contributed by atoms with Gasteiger partial charge in [0.1, 0.15) is 11.5 Å². The van der Waals surface area contributed by atoms with Crippen LogP contribution >= 0.6 is 0 Å². The van der Waals surface area contributed by atoms with Crippen molar-refractivity contribution < 1.29 is 17.9 Å². The van der Waals surface area contributed by atoms with Crippen molar-refractivity contribution in [1.82, 2.24) is 4.98 Å². The van der Waals surface area contributed by atoms with Crippen molar-refractivity contribution in [3.8, 4) is 22.6 Å². The van der Waals surface area contributed by atoms with Gasteiger partial charge >= 0.3 is 0 Å². The molecule has 1 N–H and O–H groups in total. The van der Waals surface area contributed by atoms with Crippen molar-refractivity contribution in [3.05, 3.63) is 36.7 Å². The van der Waals surface area contributed by atoms with Crippen LogP contribution in [0.25, 0.3) is 11.1 Å². The number of nitrogens with zero attached hydrogens (tertiary/aromatic N) is 1. The van der Waals surface area contributed by atoms with Gasteiger partial charge in [0, 0.05) is 29.6 Å². The molecule has 24 heavy (non-hydrogen) atoms. The monoisotopic (exact) mass is 348 g/mol. The second-order valence-corrected chi connectivity index (χ2v) is 7.66. The zero-order valence-corrected chi connectivity index (χ0v) is 14.5. The van der Waals surface area contributed by atoms with Crippen molar-refractivity contribution in [1.29, 1.82) is 0 Å². The first-order chi connectivity index (χ1) is 11.5. The maximum atomic E-state index is 11.4. The van der Waals surface area contributed by atoms with Gasteiger partial charge in [0.25, 0.3) is 0 Å². The Balaban J connectivity index is 1.93. The molecule has 6 nitrogen and oxygen atoms in total. The van der Waals surface area contributed by atoms with Crippen LogP contribution in [0.15, 0.2) is 36.7 Å². The normalized spacial score (nSPS) is 14.2. The molecule has 0 amide bonds. The molecule has 0 atom stereocenters. The fourth-order valence-corrected chi connectivity index (χ4v) is 2.95. The fraction of sp³-hybridized carbons (Fsp3) is 0.353. The molecule has 1 aromatic heterocycles. The average Bonchev–Trinajstić information content (AvgIpc) is 3.36. The predicted molar refractivity (Wildman–Crippen MR) is 92.9 cm³/mol. The van der Waals surface area contributed by atoms with Crippen molar-refractivity contribution in [3.63, 3.8) is 0 Å². The minimum Gasteiger partial charge on any atom is -0.496 e. The Morgan fingerprint density at radius 1 is 1.21 bits per heavy atom. The van der Waals surface area contributed by atoms with Crippen molar-refractivity contribution >= 4 is 15.7 Å². The van der Waals surface area contributed by atoms with Gasteiger partial charge in [0.05, 0.1) is 25.7 Å². The number of aromatic nitrogens is 1. The molecule has 1 aliphatic carbocycles. The van der Waals surface area contributed by atoms with Crippen LogP contribution in [0.1, 0.15) is 12.8 Å². The van der Waals surface area contributed by atoms with E-state index in [9.17, 15) is 8.42 Å². The van der Waals surface area contributed by atoms with Crippen molar-refractivity contribution in [2.24, 2.45) is 5.92 Å². The minimum absolute atomic E-state index is 0.447. The molecule has 1 fully saturated rings. The molecule has 0 unspecified atom stereocenters. The summed E-state index contributed by atoms with van der Waals surface area (Å²) in [5.74, 6) is 1.95. The third-order valence-electron chi connectivity index (χ3n) is 3.75. The Morgan fingerprint density at radius 3 is 2.67 bits per heavy atom. The lowest BCUT2D eigenvalue weighted by molar-refractivity contribution is 0.300. The molecule has 0 saturated heterocycles. The molecule has 1 aromatic carbocycles. The summed E-state index contributed by atoms with van der Waals surface area (Å²) in [4.78, 5) is 4.17. The number of anilines is 1. The highest BCUT2D eigenvalue weighted by molar-refractivity contribution is 7.92. The SMILES string of the molecule is COc1cc(NS(C)(=O)=O)ccc1-c1cnccc1OCC1CC1. The molecule has 128 valence electrons. The smallest absolute Gasteiger partial charge is 0.229 e. The first kappa shape index (κ1) is 16.6. The highest BCUT2D eigenvalue weighted by Crippen LogP contribution is 2.38. The van der Waals surface area contributed by atoms with Crippen molar-refractivity contribution in [2.75, 3.05) is 24.7 Å². The largest absolute Gasteiger partial charge is 0.496 e. The van der Waals surface area contributed by atoms with Gasteiger partial charge in [-0.05, 0) is 37.0 Å². The maximum Gasteiger partial charge on any atom is 0.229 e. The number of hydrogen-bond acceptors (Lipinski definition) is 5. The predicted octanol–water partition coefficient (Wildman–Crippen LogP) is 2.92. The fourth-order valence-electron chi connectivity index (χ4n) is 2.39. The Morgan fingerprint density at radius 2 is 2.00 bits per heavy atom. The molecular weight excluding hydrogens is 328 g/mol. The van der Waals surface area contributed by atoms with Crippen LogP contribution in [-0.4, -0.2) is 33.4 Å². The molecule has 7 heteroatoms. The second kappa shape index (κ2) is 6.68. The summed E-state index contributed by atoms with van der Waals surface area (Å²) in [6.07, 6.45) is 6.96. The maximum absolute atomic E-state index is 11.4. The van der Waals surface area contributed by atoms with E-state index in [4.69, 9.17) is 9.47 Å². The molecule has 0 radical (unpaired) electrons. The number of sulfonamides is 1. The summed E-state index contributed by atoms with van der Waals surface area (Å²) < 4.78 is 36.6. The van der Waals surface area contributed by atoms with Crippen LogP contribution in [0.3, 0.4) is 0 Å². The van der Waals surface area contributed by atoms with Crippen molar-refractivity contribution in [2.45, 2.75) is 12.8 Å². The number of methoxy groups -OCH3 is 1. The zero-order chi connectivity index (χ0) is 17.2. The van der Waals surface area contributed by atoms with E-state index in [0.29, 0.717) is 24.0 Å². The van der Waals surface area contributed by atoms with Crippen LogP contribution in [-0.2, 0) is 10.0 Å². The van der Waals surface area contributed by atoms with E-state index in [1.54, 1.807) is 37.7 Å². The minimum atomic E-state index is -3.34. The number of ether oxygens (including phenoxy) is 2. The third-order valence-corrected chi connectivity index (χ3v) is 4.35. The molecule has 1 aliphatic rings. The molecule has 3 rings (SSSR count). The average molecular weight is 348 g/mol. The summed E-state index contributed by atoms with van der Waals surface area (Å²) in [5.41, 5.74) is 2.07. The van der Waals surface area contributed by atoms with Gasteiger partial charge in [-0.15, -0.1) is 0 Å². The number of pyridine rings is 1. The number of benzene rings is 1. The third kappa shape index (κ3) is 4.17. The molecular formula is C17H20N2O4S. The summed E-state index contributed by atoms with van der Waals surface area (Å²) in [7, 11) is -1.80. The van der Waals surface area contributed by atoms with Crippen LogP contribution in [0, 0.1) is 5.92 Å². The van der Waals surface area contributed by atoms with Crippen LogP contribution < -0.4 is 14.2 Å². The van der Waals surface area contributed by atoms with E-state index in [1.165, 1.54) is 12.8 Å². The van der Waals surface area contributed by atoms with E-state index < -0.39 is 10.0 Å². The van der Waals surface area contributed by atoms with Gasteiger partial charge < -0.3 is 9.47 Å². The van der Waals surface area contributed by atoms with Gasteiger partial charge in [-0.2, -0.15) is 0 Å². The summed E-state index contributed by atoms with van der Waals surface area (Å²) >= 11 is 0. The molecule has 0 aliphatic heterocycles. The Bertz CT molecular complexity index is 832. The van der Waals surface area contributed by atoms with Crippen LogP contribution in [0.2, 0.25) is 0 Å². The lowest BCUT2D eigenvalue weighted by atomic mass is 10.1. The first-order valence-corrected chi connectivity index (χ1v) is 9.58. The van der Waals surface area contributed by atoms with Gasteiger partial charge in [-0.3, -0.25) is 9.71 Å². The van der Waals surface area contributed by atoms with Gasteiger partial charge in [-0.25, -0.2) is 8.42 Å². The molecule has 0 spiro atoms. The highest BCUT2D eigenvalue weighted by atomic mass is 32.2. The van der Waals surface area contributed by atoms with E-state index in [1.807, 2.05) is 6.07 Å². The topological polar surface area (TPSA) is 77.5 Å². The Labute approximate surface area is 141 Å². The van der Waals surface area contributed by atoms with Gasteiger partial charge in [0.2, 0.25) is 10.0 Å². The number of rotatable bonds is 7. The Kier molecular flexibility index (Phi) is 4.62. The van der Waals surface area contributed by atoms with E-state index in [2.05, 4.69) is 9.71 Å². The summed E-state index contributed by atoms with van der Waals surface area (Å²) in [5, 5.41) is 0. The standard InChI is InChI=1S/C17H20N2O4S/c1-22-17-9-13(19-24(2,20)21)5-6-14(17)15-10-18-8-7-16(15)23-11-12-3-4-12/h5-10,12,19H,3-4,11H2,1-2H3. The Hall–Kier alpha value is -2.28. The lowest BCUT2D eigenvalue weighted by Crippen LogP contribution is -2.09. The number of hydrogen-bond donors (Lipinski definition) is 1. The van der Waals surface area contributed by atoms with Crippen LogP contribution in [0.4, 0.5) is 5.69 Å². The molecule has 1 saturated carbocycles. The van der Waals surface area contributed by atoms with E-state index in [0.717, 1.165) is 23.1 Å². The van der Waals surface area contributed by atoms with Crippen LogP contribution in [0.5, 0.6) is 11.5 Å². The van der Waals surface area contributed by atoms with E-state index >= 15 is 0 Å². The summed E-state index contributed by atoms with van der Waals surface area (Å²) in [6, 6.07) is 6.97.